The Bertz CT molecular complexity index is 356. The Hall–Kier alpha value is -1.67. The summed E-state index contributed by atoms with van der Waals surface area (Å²) in [4.78, 5) is 7.87. The van der Waals surface area contributed by atoms with Gasteiger partial charge in [-0.15, -0.1) is 0 Å². The maximum Gasteiger partial charge on any atom is 0.145 e. The van der Waals surface area contributed by atoms with Crippen molar-refractivity contribution < 1.29 is 5.11 Å². The quantitative estimate of drug-likeness (QED) is 0.652. The Balaban J connectivity index is 3.23. The molecule has 0 aliphatic rings. The van der Waals surface area contributed by atoms with Crippen LogP contribution in [0, 0.1) is 18.3 Å². The molecule has 0 saturated carbocycles. The molecule has 0 fully saturated rings. The first-order valence-corrected chi connectivity index (χ1v) is 3.83. The monoisotopic (exact) mass is 178 g/mol. The van der Waals surface area contributed by atoms with Gasteiger partial charge < -0.3 is 10.8 Å². The number of nitriles is 1. The van der Waals surface area contributed by atoms with Crippen molar-refractivity contribution in [2.75, 3.05) is 12.3 Å². The van der Waals surface area contributed by atoms with Crippen LogP contribution in [0.5, 0.6) is 0 Å². The summed E-state index contributed by atoms with van der Waals surface area (Å²) in [6, 6.07) is 1.91. The van der Waals surface area contributed by atoms with Crippen molar-refractivity contribution in [2.45, 2.75) is 13.3 Å². The van der Waals surface area contributed by atoms with Gasteiger partial charge in [0.25, 0.3) is 0 Å². The van der Waals surface area contributed by atoms with E-state index in [2.05, 4.69) is 9.97 Å². The SMILES string of the molecule is Cc1nc(N)c(C#N)c(CCO)n1. The molecule has 0 atom stereocenters. The third-order valence-electron chi connectivity index (χ3n) is 1.58. The molecule has 1 rings (SSSR count). The van der Waals surface area contributed by atoms with Crippen LogP contribution < -0.4 is 5.73 Å². The molecule has 1 heterocycles. The van der Waals surface area contributed by atoms with Gasteiger partial charge in [0.05, 0.1) is 5.69 Å². The third kappa shape index (κ3) is 1.92. The van der Waals surface area contributed by atoms with Crippen LogP contribution in [0.15, 0.2) is 0 Å². The standard InChI is InChI=1S/C8H10N4O/c1-5-11-7(2-3-13)6(4-9)8(10)12-5/h13H,2-3H2,1H3,(H2,10,11,12). The van der Waals surface area contributed by atoms with Crippen molar-refractivity contribution in [3.63, 3.8) is 0 Å². The number of nitrogens with two attached hydrogens (primary N) is 1. The molecule has 5 heteroatoms. The number of aliphatic hydroxyl groups is 1. The molecule has 3 N–H and O–H groups in total. The van der Waals surface area contributed by atoms with Crippen LogP contribution in [0.1, 0.15) is 17.1 Å². The summed E-state index contributed by atoms with van der Waals surface area (Å²) in [6.45, 7) is 1.64. The molecule has 0 saturated heterocycles. The minimum Gasteiger partial charge on any atom is -0.396 e. The van der Waals surface area contributed by atoms with Gasteiger partial charge in [-0.3, -0.25) is 0 Å². The van der Waals surface area contributed by atoms with Crippen molar-refractivity contribution in [3.05, 3.63) is 17.1 Å². The van der Waals surface area contributed by atoms with E-state index in [1.807, 2.05) is 6.07 Å². The molecule has 13 heavy (non-hydrogen) atoms. The zero-order chi connectivity index (χ0) is 9.84. The van der Waals surface area contributed by atoms with E-state index in [0.717, 1.165) is 0 Å². The molecule has 1 aromatic rings. The van der Waals surface area contributed by atoms with Gasteiger partial charge in [0.1, 0.15) is 23.3 Å². The van der Waals surface area contributed by atoms with E-state index >= 15 is 0 Å². The van der Waals surface area contributed by atoms with E-state index in [1.165, 1.54) is 0 Å². The molecule has 0 aliphatic heterocycles. The largest absolute Gasteiger partial charge is 0.396 e. The van der Waals surface area contributed by atoms with Gasteiger partial charge in [-0.1, -0.05) is 0 Å². The third-order valence-corrected chi connectivity index (χ3v) is 1.58. The molecule has 0 bridgehead atoms. The Labute approximate surface area is 75.9 Å². The van der Waals surface area contributed by atoms with Crippen LogP contribution in [0.4, 0.5) is 5.82 Å². The van der Waals surface area contributed by atoms with E-state index in [4.69, 9.17) is 16.1 Å². The number of hydrogen-bond donors (Lipinski definition) is 2. The number of aromatic nitrogens is 2. The molecule has 0 radical (unpaired) electrons. The topological polar surface area (TPSA) is 95.8 Å². The summed E-state index contributed by atoms with van der Waals surface area (Å²) in [6.07, 6.45) is 0.330. The Morgan fingerprint density at radius 1 is 1.54 bits per heavy atom. The van der Waals surface area contributed by atoms with Crippen LogP contribution >= 0.6 is 0 Å². The fourth-order valence-electron chi connectivity index (χ4n) is 1.06. The van der Waals surface area contributed by atoms with Crippen LogP contribution in [-0.4, -0.2) is 21.7 Å². The van der Waals surface area contributed by atoms with Crippen LogP contribution in [0.25, 0.3) is 0 Å². The highest BCUT2D eigenvalue weighted by molar-refractivity contribution is 5.50. The number of aliphatic hydroxyl groups excluding tert-OH is 1. The van der Waals surface area contributed by atoms with E-state index < -0.39 is 0 Å². The second-order valence-electron chi connectivity index (χ2n) is 2.56. The minimum atomic E-state index is -0.0510. The Morgan fingerprint density at radius 2 is 2.23 bits per heavy atom. The fraction of sp³-hybridized carbons (Fsp3) is 0.375. The van der Waals surface area contributed by atoms with E-state index in [0.29, 0.717) is 17.9 Å². The van der Waals surface area contributed by atoms with Gasteiger partial charge in [0, 0.05) is 13.0 Å². The summed E-state index contributed by atoms with van der Waals surface area (Å²) in [5, 5.41) is 17.4. The number of rotatable bonds is 2. The zero-order valence-electron chi connectivity index (χ0n) is 7.28. The number of nitrogens with zero attached hydrogens (tertiary/aromatic N) is 3. The molecular weight excluding hydrogens is 168 g/mol. The molecule has 68 valence electrons. The molecule has 1 aromatic heterocycles. The first kappa shape index (κ1) is 9.42. The van der Waals surface area contributed by atoms with Gasteiger partial charge in [0.2, 0.25) is 0 Å². The molecule has 0 aromatic carbocycles. The second kappa shape index (κ2) is 3.83. The Kier molecular flexibility index (Phi) is 2.77. The van der Waals surface area contributed by atoms with Crippen LogP contribution in [0.3, 0.4) is 0 Å². The number of nitrogen functional groups attached to an aromatic ring is 1. The minimum absolute atomic E-state index is 0.0510. The second-order valence-corrected chi connectivity index (χ2v) is 2.56. The van der Waals surface area contributed by atoms with Gasteiger partial charge >= 0.3 is 0 Å². The highest BCUT2D eigenvalue weighted by atomic mass is 16.3. The summed E-state index contributed by atoms with van der Waals surface area (Å²) < 4.78 is 0. The molecule has 0 aliphatic carbocycles. The predicted molar refractivity (Wildman–Crippen MR) is 46.7 cm³/mol. The van der Waals surface area contributed by atoms with Crippen LogP contribution in [0.2, 0.25) is 0 Å². The van der Waals surface area contributed by atoms with Crippen molar-refractivity contribution in [1.82, 2.24) is 9.97 Å². The van der Waals surface area contributed by atoms with E-state index in [9.17, 15) is 0 Å². The lowest BCUT2D eigenvalue weighted by molar-refractivity contribution is 0.298. The highest BCUT2D eigenvalue weighted by Crippen LogP contribution is 2.12. The highest BCUT2D eigenvalue weighted by Gasteiger charge is 2.09. The first-order valence-electron chi connectivity index (χ1n) is 3.83. The maximum absolute atomic E-state index is 8.73. The molecule has 5 nitrogen and oxygen atoms in total. The van der Waals surface area contributed by atoms with Crippen LogP contribution in [-0.2, 0) is 6.42 Å². The van der Waals surface area contributed by atoms with Crippen molar-refractivity contribution in [3.8, 4) is 6.07 Å². The van der Waals surface area contributed by atoms with Crippen molar-refractivity contribution in [1.29, 1.82) is 5.26 Å². The smallest absolute Gasteiger partial charge is 0.145 e. The number of hydrogen-bond acceptors (Lipinski definition) is 5. The lowest BCUT2D eigenvalue weighted by Crippen LogP contribution is -2.07. The zero-order valence-corrected chi connectivity index (χ0v) is 7.28. The van der Waals surface area contributed by atoms with E-state index in [1.54, 1.807) is 6.92 Å². The summed E-state index contributed by atoms with van der Waals surface area (Å²) >= 11 is 0. The van der Waals surface area contributed by atoms with Gasteiger partial charge in [-0.2, -0.15) is 5.26 Å². The fourth-order valence-corrected chi connectivity index (χ4v) is 1.06. The number of aryl methyl sites for hydroxylation is 1. The lowest BCUT2D eigenvalue weighted by atomic mass is 10.2. The molecule has 0 amide bonds. The summed E-state index contributed by atoms with van der Waals surface area (Å²) in [5.74, 6) is 0.693. The van der Waals surface area contributed by atoms with Gasteiger partial charge in [-0.05, 0) is 6.92 Å². The van der Waals surface area contributed by atoms with Crippen molar-refractivity contribution in [2.24, 2.45) is 0 Å². The first-order chi connectivity index (χ1) is 6.19. The number of anilines is 1. The van der Waals surface area contributed by atoms with Crippen molar-refractivity contribution >= 4 is 5.82 Å². The maximum atomic E-state index is 8.73. The normalized spacial score (nSPS) is 9.62. The molecule has 0 unspecified atom stereocenters. The predicted octanol–water partition coefficient (Wildman–Crippen LogP) is -0.226. The van der Waals surface area contributed by atoms with E-state index in [-0.39, 0.29) is 18.0 Å². The van der Waals surface area contributed by atoms with Gasteiger partial charge in [0.15, 0.2) is 0 Å². The molecule has 0 spiro atoms. The average molecular weight is 178 g/mol. The summed E-state index contributed by atoms with van der Waals surface area (Å²) in [5.41, 5.74) is 6.28. The molecular formula is C8H10N4O. The lowest BCUT2D eigenvalue weighted by Gasteiger charge is -2.04. The average Bonchev–Trinajstić information content (AvgIpc) is 2.04. The Morgan fingerprint density at radius 3 is 2.77 bits per heavy atom. The van der Waals surface area contributed by atoms with Gasteiger partial charge in [-0.25, -0.2) is 9.97 Å². The summed E-state index contributed by atoms with van der Waals surface area (Å²) in [7, 11) is 0.